The van der Waals surface area contributed by atoms with Crippen LogP contribution in [0.3, 0.4) is 0 Å². The van der Waals surface area contributed by atoms with Gasteiger partial charge in [-0.25, -0.2) is 0 Å². The van der Waals surface area contributed by atoms with E-state index in [9.17, 15) is 0 Å². The van der Waals surface area contributed by atoms with Crippen molar-refractivity contribution in [3.63, 3.8) is 0 Å². The predicted molar refractivity (Wildman–Crippen MR) is 146 cm³/mol. The highest BCUT2D eigenvalue weighted by atomic mass is 14.7. The van der Waals surface area contributed by atoms with Crippen molar-refractivity contribution in [2.45, 2.75) is 11.8 Å². The van der Waals surface area contributed by atoms with Gasteiger partial charge < -0.3 is 0 Å². The van der Waals surface area contributed by atoms with Crippen molar-refractivity contribution < 1.29 is 0 Å². The minimum atomic E-state index is -0.275. The van der Waals surface area contributed by atoms with Gasteiger partial charge in [-0.2, -0.15) is 0 Å². The Morgan fingerprint density at radius 1 is 0.500 bits per heavy atom. The number of fused-ring (bicyclic) bond motifs is 15. The van der Waals surface area contributed by atoms with Crippen LogP contribution in [0.1, 0.15) is 33.4 Å². The molecule has 1 aromatic heterocycles. The molecule has 0 atom stereocenters. The highest BCUT2D eigenvalue weighted by molar-refractivity contribution is 5.99. The summed E-state index contributed by atoms with van der Waals surface area (Å²) in [7, 11) is 0. The molecule has 1 nitrogen and oxygen atoms in total. The van der Waals surface area contributed by atoms with Crippen molar-refractivity contribution in [3.8, 4) is 33.4 Å². The molecule has 0 bridgehead atoms. The fourth-order valence-electron chi connectivity index (χ4n) is 7.41. The molecule has 0 saturated heterocycles. The topological polar surface area (TPSA) is 12.9 Å². The Morgan fingerprint density at radius 2 is 1.14 bits per heavy atom. The number of benzene rings is 5. The zero-order valence-electron chi connectivity index (χ0n) is 19.6. The molecule has 1 heterocycles. The fourth-order valence-corrected chi connectivity index (χ4v) is 7.41. The largest absolute Gasteiger partial charge is 0.256 e. The van der Waals surface area contributed by atoms with Gasteiger partial charge in [0.1, 0.15) is 0 Å². The number of pyridine rings is 1. The average Bonchev–Trinajstić information content (AvgIpc) is 3.56. The molecule has 0 amide bonds. The third kappa shape index (κ3) is 2.04. The Kier molecular flexibility index (Phi) is 3.33. The molecular weight excluding hydrogens is 434 g/mol. The van der Waals surface area contributed by atoms with Crippen LogP contribution in [0.4, 0.5) is 0 Å². The van der Waals surface area contributed by atoms with Crippen molar-refractivity contribution in [1.82, 2.24) is 4.98 Å². The first-order valence-corrected chi connectivity index (χ1v) is 12.7. The zero-order chi connectivity index (χ0) is 23.4. The lowest BCUT2D eigenvalue weighted by Crippen LogP contribution is -2.26. The molecule has 3 aliphatic carbocycles. The summed E-state index contributed by atoms with van der Waals surface area (Å²) < 4.78 is 0. The van der Waals surface area contributed by atoms with Crippen LogP contribution in [0.2, 0.25) is 0 Å². The molecular formula is C35H21N. The van der Waals surface area contributed by atoms with Gasteiger partial charge in [-0.15, -0.1) is 0 Å². The van der Waals surface area contributed by atoms with Crippen molar-refractivity contribution >= 4 is 10.9 Å². The number of nitrogens with zero attached hydrogens (tertiary/aromatic N) is 1. The van der Waals surface area contributed by atoms with Crippen LogP contribution in [0, 0.1) is 0 Å². The summed E-state index contributed by atoms with van der Waals surface area (Å²) in [6.07, 6.45) is 2.85. The van der Waals surface area contributed by atoms with E-state index in [1.807, 2.05) is 12.3 Å². The summed E-state index contributed by atoms with van der Waals surface area (Å²) >= 11 is 0. The lowest BCUT2D eigenvalue weighted by atomic mass is 9.70. The van der Waals surface area contributed by atoms with E-state index in [0.717, 1.165) is 11.9 Å². The van der Waals surface area contributed by atoms with E-state index in [1.54, 1.807) is 0 Å². The van der Waals surface area contributed by atoms with Crippen LogP contribution < -0.4 is 0 Å². The summed E-state index contributed by atoms with van der Waals surface area (Å²) in [5, 5.41) is 1.22. The van der Waals surface area contributed by atoms with Gasteiger partial charge >= 0.3 is 0 Å². The SMILES string of the molecule is c1ccc2c(c1)-c1ccccc1C21c2ccccc2-c2cc3c(cc21)Cc1c-3ccc2cccnc12. The van der Waals surface area contributed by atoms with Gasteiger partial charge in [-0.1, -0.05) is 97.1 Å². The van der Waals surface area contributed by atoms with E-state index < -0.39 is 0 Å². The first-order chi connectivity index (χ1) is 17.9. The highest BCUT2D eigenvalue weighted by Gasteiger charge is 2.51. The molecule has 1 spiro atoms. The van der Waals surface area contributed by atoms with Gasteiger partial charge in [-0.05, 0) is 78.9 Å². The third-order valence-corrected chi connectivity index (χ3v) is 8.76. The Labute approximate surface area is 209 Å². The van der Waals surface area contributed by atoms with Crippen LogP contribution in [-0.4, -0.2) is 4.98 Å². The summed E-state index contributed by atoms with van der Waals surface area (Å²) in [6, 6.07) is 40.8. The molecule has 0 aliphatic heterocycles. The average molecular weight is 456 g/mol. The second kappa shape index (κ2) is 6.38. The second-order valence-corrected chi connectivity index (χ2v) is 10.3. The van der Waals surface area contributed by atoms with E-state index in [-0.39, 0.29) is 5.41 Å². The Bertz CT molecular complexity index is 1880. The fraction of sp³-hybridized carbons (Fsp3) is 0.0571. The maximum absolute atomic E-state index is 4.78. The molecule has 5 aromatic carbocycles. The van der Waals surface area contributed by atoms with E-state index in [0.29, 0.717) is 0 Å². The number of aromatic nitrogens is 1. The molecule has 6 aromatic rings. The molecule has 0 saturated carbocycles. The third-order valence-electron chi connectivity index (χ3n) is 8.76. The normalized spacial score (nSPS) is 14.8. The first kappa shape index (κ1) is 18.8. The van der Waals surface area contributed by atoms with Crippen LogP contribution in [0.5, 0.6) is 0 Å². The molecule has 36 heavy (non-hydrogen) atoms. The molecule has 0 unspecified atom stereocenters. The minimum Gasteiger partial charge on any atom is -0.256 e. The molecule has 166 valence electrons. The monoisotopic (exact) mass is 455 g/mol. The molecule has 0 N–H and O–H groups in total. The zero-order valence-corrected chi connectivity index (χ0v) is 19.6. The summed E-state index contributed by atoms with van der Waals surface area (Å²) in [5.41, 5.74) is 17.4. The minimum absolute atomic E-state index is 0.275. The molecule has 0 fully saturated rings. The molecule has 1 heteroatoms. The van der Waals surface area contributed by atoms with E-state index in [4.69, 9.17) is 4.98 Å². The van der Waals surface area contributed by atoms with E-state index in [1.165, 1.54) is 72.1 Å². The van der Waals surface area contributed by atoms with E-state index >= 15 is 0 Å². The highest BCUT2D eigenvalue weighted by Crippen LogP contribution is 2.63. The number of hydrogen-bond donors (Lipinski definition) is 0. The smallest absolute Gasteiger partial charge is 0.0743 e. The van der Waals surface area contributed by atoms with Gasteiger partial charge in [0.15, 0.2) is 0 Å². The summed E-state index contributed by atoms with van der Waals surface area (Å²) in [6.45, 7) is 0. The second-order valence-electron chi connectivity index (χ2n) is 10.3. The summed E-state index contributed by atoms with van der Waals surface area (Å²) in [4.78, 5) is 4.78. The lowest BCUT2D eigenvalue weighted by molar-refractivity contribution is 0.792. The van der Waals surface area contributed by atoms with Gasteiger partial charge in [0.25, 0.3) is 0 Å². The van der Waals surface area contributed by atoms with Gasteiger partial charge in [0.2, 0.25) is 0 Å². The lowest BCUT2D eigenvalue weighted by Gasteiger charge is -2.30. The van der Waals surface area contributed by atoms with Gasteiger partial charge in [-0.3, -0.25) is 4.98 Å². The van der Waals surface area contributed by atoms with Crippen molar-refractivity contribution in [2.24, 2.45) is 0 Å². The quantitative estimate of drug-likeness (QED) is 0.225. The van der Waals surface area contributed by atoms with Crippen LogP contribution in [-0.2, 0) is 11.8 Å². The Balaban J connectivity index is 1.40. The molecule has 3 aliphatic rings. The summed E-state index contributed by atoms with van der Waals surface area (Å²) in [5.74, 6) is 0. The van der Waals surface area contributed by atoms with Gasteiger partial charge in [0, 0.05) is 18.0 Å². The van der Waals surface area contributed by atoms with E-state index in [2.05, 4.69) is 103 Å². The Morgan fingerprint density at radius 3 is 1.83 bits per heavy atom. The molecule has 0 radical (unpaired) electrons. The van der Waals surface area contributed by atoms with Crippen LogP contribution in [0.15, 0.2) is 115 Å². The van der Waals surface area contributed by atoms with Crippen LogP contribution in [0.25, 0.3) is 44.3 Å². The maximum atomic E-state index is 4.78. The number of hydrogen-bond acceptors (Lipinski definition) is 1. The maximum Gasteiger partial charge on any atom is 0.0743 e. The first-order valence-electron chi connectivity index (χ1n) is 12.7. The van der Waals surface area contributed by atoms with Crippen molar-refractivity contribution in [2.75, 3.05) is 0 Å². The predicted octanol–water partition coefficient (Wildman–Crippen LogP) is 8.15. The Hall–Kier alpha value is -4.49. The standard InChI is InChI=1S/C35H21N/c1-4-12-30-24(9-1)25-10-2-5-13-31(25)35(30)32-14-6-3-11-26(32)28-20-27-22(19-33(28)35)18-29-23(27)16-15-21-8-7-17-36-34(21)29/h1-17,19-20H,18H2. The van der Waals surface area contributed by atoms with Gasteiger partial charge in [0.05, 0.1) is 10.9 Å². The van der Waals surface area contributed by atoms with Crippen molar-refractivity contribution in [1.29, 1.82) is 0 Å². The van der Waals surface area contributed by atoms with Crippen LogP contribution >= 0.6 is 0 Å². The number of rotatable bonds is 0. The molecule has 9 rings (SSSR count). The van der Waals surface area contributed by atoms with Crippen molar-refractivity contribution in [3.05, 3.63) is 149 Å².